The molecule has 0 saturated carbocycles. The first-order valence-corrected chi connectivity index (χ1v) is 13.3. The van der Waals surface area contributed by atoms with E-state index in [1.165, 1.54) is 0 Å². The van der Waals surface area contributed by atoms with Crippen molar-refractivity contribution >= 4 is 26.7 Å². The molecule has 0 unspecified atom stereocenters. The lowest BCUT2D eigenvalue weighted by molar-refractivity contribution is -0.126. The Kier molecular flexibility index (Phi) is 9.40. The fourth-order valence-electron chi connectivity index (χ4n) is 3.80. The number of aryl methyl sites for hydroxylation is 1. The fourth-order valence-corrected chi connectivity index (χ4v) is 5.28. The van der Waals surface area contributed by atoms with E-state index < -0.39 is 28.1 Å². The molecule has 3 aromatic carbocycles. The average Bonchev–Trinajstić information content (AvgIpc) is 2.84. The number of rotatable bonds is 12. The van der Waals surface area contributed by atoms with Crippen LogP contribution in [0.5, 0.6) is 0 Å². The van der Waals surface area contributed by atoms with Crippen LogP contribution in [0.15, 0.2) is 71.6 Å². The monoisotopic (exact) mass is 497 g/mol. The van der Waals surface area contributed by atoms with Gasteiger partial charge in [-0.3, -0.25) is 4.79 Å². The van der Waals surface area contributed by atoms with Crippen molar-refractivity contribution in [3.8, 4) is 0 Å². The van der Waals surface area contributed by atoms with Gasteiger partial charge in [0.05, 0.1) is 17.6 Å². The standard InChI is InChI=1S/C27H35N3O4S/c1-19(2)28-16-17-29-27(31)26(21(4)34-18-22-10-6-5-7-11-22)30-35(32,33)25-15-14-20(3)23-12-8-9-13-24(23)25/h5-15,19,21,26,28,30H,16-18H2,1-4H3,(H,29,31)/t21-,26+/m0/s1. The minimum Gasteiger partial charge on any atom is -0.372 e. The molecule has 3 N–H and O–H groups in total. The lowest BCUT2D eigenvalue weighted by Crippen LogP contribution is -2.53. The van der Waals surface area contributed by atoms with Crippen LogP contribution in [0.4, 0.5) is 0 Å². The molecule has 35 heavy (non-hydrogen) atoms. The predicted octanol–water partition coefficient (Wildman–Crippen LogP) is 3.51. The molecule has 8 heteroatoms. The maximum atomic E-state index is 13.5. The minimum atomic E-state index is -4.03. The summed E-state index contributed by atoms with van der Waals surface area (Å²) in [6, 6.07) is 19.4. The second-order valence-corrected chi connectivity index (χ2v) is 10.6. The highest BCUT2D eigenvalue weighted by Crippen LogP contribution is 2.26. The molecule has 0 saturated heterocycles. The van der Waals surface area contributed by atoms with Crippen molar-refractivity contribution < 1.29 is 17.9 Å². The van der Waals surface area contributed by atoms with Gasteiger partial charge in [0.1, 0.15) is 6.04 Å². The summed E-state index contributed by atoms with van der Waals surface area (Å²) in [6.45, 7) is 8.88. The number of nitrogens with one attached hydrogen (secondary N) is 3. The minimum absolute atomic E-state index is 0.133. The molecule has 0 aliphatic heterocycles. The molecule has 0 radical (unpaired) electrons. The van der Waals surface area contributed by atoms with Gasteiger partial charge in [-0.1, -0.05) is 74.5 Å². The van der Waals surface area contributed by atoms with E-state index in [4.69, 9.17) is 4.74 Å². The smallest absolute Gasteiger partial charge is 0.242 e. The fraction of sp³-hybridized carbons (Fsp3) is 0.370. The number of carbonyl (C=O) groups is 1. The van der Waals surface area contributed by atoms with Gasteiger partial charge in [0, 0.05) is 24.5 Å². The highest BCUT2D eigenvalue weighted by atomic mass is 32.2. The molecule has 0 aromatic heterocycles. The maximum Gasteiger partial charge on any atom is 0.242 e. The van der Waals surface area contributed by atoms with E-state index in [1.807, 2.05) is 63.2 Å². The number of hydrogen-bond donors (Lipinski definition) is 3. The Hall–Kier alpha value is -2.78. The number of carbonyl (C=O) groups excluding carboxylic acids is 1. The lowest BCUT2D eigenvalue weighted by Gasteiger charge is -2.25. The van der Waals surface area contributed by atoms with Crippen molar-refractivity contribution in [2.75, 3.05) is 13.1 Å². The third-order valence-electron chi connectivity index (χ3n) is 5.76. The summed E-state index contributed by atoms with van der Waals surface area (Å²) in [6.07, 6.45) is -0.709. The molecule has 0 aliphatic carbocycles. The molecule has 1 amide bonds. The Bertz CT molecular complexity index is 1230. The van der Waals surface area contributed by atoms with Gasteiger partial charge in [-0.05, 0) is 36.4 Å². The molecule has 2 atom stereocenters. The SMILES string of the molecule is Cc1ccc(S(=O)(=O)N[C@@H](C(=O)NCCNC(C)C)[C@H](C)OCc2ccccc2)c2ccccc12. The van der Waals surface area contributed by atoms with Gasteiger partial charge in [0.2, 0.25) is 15.9 Å². The maximum absolute atomic E-state index is 13.5. The van der Waals surface area contributed by atoms with Crippen LogP contribution >= 0.6 is 0 Å². The van der Waals surface area contributed by atoms with Gasteiger partial charge in [-0.25, -0.2) is 8.42 Å². The number of amides is 1. The van der Waals surface area contributed by atoms with E-state index in [0.29, 0.717) is 18.5 Å². The second kappa shape index (κ2) is 12.3. The highest BCUT2D eigenvalue weighted by molar-refractivity contribution is 7.89. The zero-order valence-corrected chi connectivity index (χ0v) is 21.6. The van der Waals surface area contributed by atoms with Crippen molar-refractivity contribution in [2.45, 2.75) is 57.4 Å². The Labute approximate surface area is 208 Å². The van der Waals surface area contributed by atoms with Gasteiger partial charge in [0.15, 0.2) is 0 Å². The van der Waals surface area contributed by atoms with Crippen LogP contribution in [-0.2, 0) is 26.2 Å². The second-order valence-electron chi connectivity index (χ2n) is 8.93. The van der Waals surface area contributed by atoms with Gasteiger partial charge >= 0.3 is 0 Å². The molecule has 188 valence electrons. The van der Waals surface area contributed by atoms with Crippen molar-refractivity contribution in [2.24, 2.45) is 0 Å². The zero-order chi connectivity index (χ0) is 25.4. The Balaban J connectivity index is 1.83. The first-order valence-electron chi connectivity index (χ1n) is 11.9. The Morgan fingerprint density at radius 3 is 2.23 bits per heavy atom. The molecule has 0 bridgehead atoms. The molecule has 0 spiro atoms. The Morgan fingerprint density at radius 1 is 0.886 bits per heavy atom. The van der Waals surface area contributed by atoms with E-state index in [0.717, 1.165) is 16.5 Å². The zero-order valence-electron chi connectivity index (χ0n) is 20.7. The van der Waals surface area contributed by atoms with E-state index in [9.17, 15) is 13.2 Å². The summed E-state index contributed by atoms with van der Waals surface area (Å²) < 4.78 is 35.6. The van der Waals surface area contributed by atoms with Crippen LogP contribution in [0, 0.1) is 6.92 Å². The highest BCUT2D eigenvalue weighted by Gasteiger charge is 2.32. The van der Waals surface area contributed by atoms with Gasteiger partial charge < -0.3 is 15.4 Å². The van der Waals surface area contributed by atoms with Gasteiger partial charge in [-0.2, -0.15) is 4.72 Å². The number of benzene rings is 3. The molecule has 7 nitrogen and oxygen atoms in total. The summed E-state index contributed by atoms with van der Waals surface area (Å²) >= 11 is 0. The normalized spacial score (nSPS) is 13.6. The van der Waals surface area contributed by atoms with Crippen molar-refractivity contribution in [3.05, 3.63) is 77.9 Å². The Morgan fingerprint density at radius 2 is 1.54 bits per heavy atom. The third-order valence-corrected chi connectivity index (χ3v) is 7.26. The summed E-state index contributed by atoms with van der Waals surface area (Å²) in [4.78, 5) is 13.3. The lowest BCUT2D eigenvalue weighted by atomic mass is 10.1. The van der Waals surface area contributed by atoms with Gasteiger partial charge in [-0.15, -0.1) is 0 Å². The molecule has 3 aromatic rings. The molecule has 0 fully saturated rings. The third kappa shape index (κ3) is 7.35. The van der Waals surface area contributed by atoms with Crippen LogP contribution in [0.2, 0.25) is 0 Å². The molecular formula is C27H35N3O4S. The molecule has 0 aliphatic rings. The number of hydrogen-bond acceptors (Lipinski definition) is 5. The van der Waals surface area contributed by atoms with Crippen LogP contribution in [0.25, 0.3) is 10.8 Å². The number of ether oxygens (including phenoxy) is 1. The van der Waals surface area contributed by atoms with Crippen LogP contribution in [-0.4, -0.2) is 45.6 Å². The molecule has 3 rings (SSSR count). The van der Waals surface area contributed by atoms with Crippen molar-refractivity contribution in [3.63, 3.8) is 0 Å². The van der Waals surface area contributed by atoms with E-state index in [-0.39, 0.29) is 17.5 Å². The first kappa shape index (κ1) is 26.8. The quantitative estimate of drug-likeness (QED) is 0.333. The van der Waals surface area contributed by atoms with E-state index in [1.54, 1.807) is 31.2 Å². The van der Waals surface area contributed by atoms with E-state index in [2.05, 4.69) is 15.4 Å². The largest absolute Gasteiger partial charge is 0.372 e. The molecular weight excluding hydrogens is 462 g/mol. The summed E-state index contributed by atoms with van der Waals surface area (Å²) in [5.74, 6) is -0.434. The summed E-state index contributed by atoms with van der Waals surface area (Å²) in [5.41, 5.74) is 1.91. The topological polar surface area (TPSA) is 96.5 Å². The first-order chi connectivity index (χ1) is 16.7. The van der Waals surface area contributed by atoms with Gasteiger partial charge in [0.25, 0.3) is 0 Å². The average molecular weight is 498 g/mol. The van der Waals surface area contributed by atoms with Crippen molar-refractivity contribution in [1.82, 2.24) is 15.4 Å². The van der Waals surface area contributed by atoms with E-state index >= 15 is 0 Å². The van der Waals surface area contributed by atoms with Crippen LogP contribution in [0.3, 0.4) is 0 Å². The molecule has 0 heterocycles. The summed E-state index contributed by atoms with van der Waals surface area (Å²) in [7, 11) is -4.03. The van der Waals surface area contributed by atoms with Crippen LogP contribution < -0.4 is 15.4 Å². The summed E-state index contributed by atoms with van der Waals surface area (Å²) in [5, 5.41) is 7.52. The predicted molar refractivity (Wildman–Crippen MR) is 140 cm³/mol. The number of fused-ring (bicyclic) bond motifs is 1. The number of sulfonamides is 1. The van der Waals surface area contributed by atoms with Crippen LogP contribution in [0.1, 0.15) is 31.9 Å². The van der Waals surface area contributed by atoms with Crippen molar-refractivity contribution in [1.29, 1.82) is 0 Å².